The highest BCUT2D eigenvalue weighted by Gasteiger charge is 2.07. The molecule has 13 heavy (non-hydrogen) atoms. The van der Waals surface area contributed by atoms with Gasteiger partial charge in [0.05, 0.1) is 13.2 Å². The number of methoxy groups -OCH3 is 1. The first-order chi connectivity index (χ1) is 6.22. The van der Waals surface area contributed by atoms with E-state index in [2.05, 4.69) is 0 Å². The fraction of sp³-hybridized carbons (Fsp3) is 0.875. The van der Waals surface area contributed by atoms with E-state index in [4.69, 9.17) is 15.2 Å². The van der Waals surface area contributed by atoms with Crippen molar-refractivity contribution in [3.63, 3.8) is 0 Å². The second kappa shape index (κ2) is 7.82. The van der Waals surface area contributed by atoms with Crippen LogP contribution in [0, 0.1) is 0 Å². The van der Waals surface area contributed by atoms with E-state index >= 15 is 0 Å². The van der Waals surface area contributed by atoms with Crippen LogP contribution in [0.4, 0.5) is 4.79 Å². The number of nitrogens with zero attached hydrogens (tertiary/aromatic N) is 1. The van der Waals surface area contributed by atoms with Gasteiger partial charge in [0.25, 0.3) is 0 Å². The van der Waals surface area contributed by atoms with E-state index in [0.717, 1.165) is 0 Å². The Bertz CT molecular complexity index is 141. The molecule has 0 atom stereocenters. The van der Waals surface area contributed by atoms with Crippen LogP contribution in [0.1, 0.15) is 6.92 Å². The summed E-state index contributed by atoms with van der Waals surface area (Å²) in [5.74, 6) is 0. The summed E-state index contributed by atoms with van der Waals surface area (Å²) in [5, 5.41) is 0. The van der Waals surface area contributed by atoms with Crippen molar-refractivity contribution in [1.29, 1.82) is 0 Å². The zero-order chi connectivity index (χ0) is 10.1. The average molecular weight is 190 g/mol. The van der Waals surface area contributed by atoms with Gasteiger partial charge in [0.15, 0.2) is 0 Å². The molecule has 0 fully saturated rings. The van der Waals surface area contributed by atoms with Gasteiger partial charge in [-0.15, -0.1) is 0 Å². The Kier molecular flexibility index (Phi) is 7.33. The van der Waals surface area contributed by atoms with Gasteiger partial charge in [0.2, 0.25) is 0 Å². The zero-order valence-corrected chi connectivity index (χ0v) is 8.28. The summed E-state index contributed by atoms with van der Waals surface area (Å²) in [6, 6.07) is -0.434. The molecule has 0 rings (SSSR count). The molecule has 2 N–H and O–H groups in total. The van der Waals surface area contributed by atoms with Gasteiger partial charge in [-0.2, -0.15) is 0 Å². The van der Waals surface area contributed by atoms with E-state index in [9.17, 15) is 4.79 Å². The van der Waals surface area contributed by atoms with E-state index in [1.54, 1.807) is 7.11 Å². The highest BCUT2D eigenvalue weighted by atomic mass is 16.5. The lowest BCUT2D eigenvalue weighted by Crippen LogP contribution is -2.40. The predicted molar refractivity (Wildman–Crippen MR) is 49.5 cm³/mol. The summed E-state index contributed by atoms with van der Waals surface area (Å²) in [5.41, 5.74) is 5.14. The SMILES string of the molecule is CCOCCN(CCOC)C(N)=O. The smallest absolute Gasteiger partial charge is 0.314 e. The van der Waals surface area contributed by atoms with Crippen LogP contribution in [-0.2, 0) is 9.47 Å². The molecule has 5 heteroatoms. The quantitative estimate of drug-likeness (QED) is 0.577. The summed E-state index contributed by atoms with van der Waals surface area (Å²) in [6.45, 7) is 4.60. The number of urea groups is 1. The number of carbonyl (C=O) groups excluding carboxylic acids is 1. The Labute approximate surface area is 78.8 Å². The van der Waals surface area contributed by atoms with E-state index in [1.165, 1.54) is 4.90 Å². The Hall–Kier alpha value is -0.810. The summed E-state index contributed by atoms with van der Waals surface area (Å²) in [6.07, 6.45) is 0. The third-order valence-electron chi connectivity index (χ3n) is 1.59. The van der Waals surface area contributed by atoms with E-state index in [1.807, 2.05) is 6.92 Å². The molecule has 0 spiro atoms. The molecule has 0 aliphatic heterocycles. The number of primary amides is 1. The minimum absolute atomic E-state index is 0.434. The van der Waals surface area contributed by atoms with Crippen LogP contribution in [0.5, 0.6) is 0 Å². The van der Waals surface area contributed by atoms with E-state index in [-0.39, 0.29) is 0 Å². The molecule has 0 bridgehead atoms. The van der Waals surface area contributed by atoms with Gasteiger partial charge in [0.1, 0.15) is 0 Å². The lowest BCUT2D eigenvalue weighted by Gasteiger charge is -2.19. The van der Waals surface area contributed by atoms with E-state index in [0.29, 0.717) is 32.9 Å². The fourth-order valence-corrected chi connectivity index (χ4v) is 0.853. The van der Waals surface area contributed by atoms with Crippen molar-refractivity contribution >= 4 is 6.03 Å². The van der Waals surface area contributed by atoms with Crippen molar-refractivity contribution in [1.82, 2.24) is 4.90 Å². The predicted octanol–water partition coefficient (Wildman–Crippen LogP) is 0.0500. The zero-order valence-electron chi connectivity index (χ0n) is 8.28. The average Bonchev–Trinajstić information content (AvgIpc) is 2.10. The van der Waals surface area contributed by atoms with E-state index < -0.39 is 6.03 Å². The first kappa shape index (κ1) is 12.2. The number of hydrogen-bond donors (Lipinski definition) is 1. The molecule has 0 heterocycles. The minimum Gasteiger partial charge on any atom is -0.383 e. The van der Waals surface area contributed by atoms with Crippen molar-refractivity contribution in [2.45, 2.75) is 6.92 Å². The molecule has 0 aliphatic carbocycles. The lowest BCUT2D eigenvalue weighted by molar-refractivity contribution is 0.106. The molecule has 0 saturated carbocycles. The van der Waals surface area contributed by atoms with Crippen LogP contribution in [-0.4, -0.2) is 51.0 Å². The molecular weight excluding hydrogens is 172 g/mol. The van der Waals surface area contributed by atoms with Crippen LogP contribution in [0.3, 0.4) is 0 Å². The van der Waals surface area contributed by atoms with Crippen LogP contribution >= 0.6 is 0 Å². The third kappa shape index (κ3) is 6.36. The van der Waals surface area contributed by atoms with Gasteiger partial charge < -0.3 is 20.1 Å². The van der Waals surface area contributed by atoms with Gasteiger partial charge in [0, 0.05) is 26.8 Å². The normalized spacial score (nSPS) is 10.0. The first-order valence-corrected chi connectivity index (χ1v) is 4.33. The van der Waals surface area contributed by atoms with Gasteiger partial charge in [-0.05, 0) is 6.92 Å². The molecule has 2 amide bonds. The third-order valence-corrected chi connectivity index (χ3v) is 1.59. The van der Waals surface area contributed by atoms with Crippen molar-refractivity contribution < 1.29 is 14.3 Å². The maximum absolute atomic E-state index is 10.8. The van der Waals surface area contributed by atoms with Crippen LogP contribution < -0.4 is 5.73 Å². The van der Waals surface area contributed by atoms with Crippen LogP contribution in [0.2, 0.25) is 0 Å². The summed E-state index contributed by atoms with van der Waals surface area (Å²) < 4.78 is 9.94. The number of hydrogen-bond acceptors (Lipinski definition) is 3. The second-order valence-electron chi connectivity index (χ2n) is 2.52. The highest BCUT2D eigenvalue weighted by molar-refractivity contribution is 5.71. The number of carbonyl (C=O) groups is 1. The number of amides is 2. The van der Waals surface area contributed by atoms with Crippen LogP contribution in [0.25, 0.3) is 0 Å². The van der Waals surface area contributed by atoms with Crippen LogP contribution in [0.15, 0.2) is 0 Å². The number of rotatable bonds is 7. The molecule has 78 valence electrons. The molecule has 5 nitrogen and oxygen atoms in total. The van der Waals surface area contributed by atoms with Gasteiger partial charge in [-0.25, -0.2) is 4.79 Å². The highest BCUT2D eigenvalue weighted by Crippen LogP contribution is 1.88. The van der Waals surface area contributed by atoms with Gasteiger partial charge in [-0.3, -0.25) is 0 Å². The Morgan fingerprint density at radius 3 is 2.46 bits per heavy atom. The van der Waals surface area contributed by atoms with Crippen molar-refractivity contribution in [2.75, 3.05) is 40.0 Å². The maximum Gasteiger partial charge on any atom is 0.314 e. The Balaban J connectivity index is 3.61. The largest absolute Gasteiger partial charge is 0.383 e. The second-order valence-corrected chi connectivity index (χ2v) is 2.52. The van der Waals surface area contributed by atoms with Crippen molar-refractivity contribution in [3.05, 3.63) is 0 Å². The first-order valence-electron chi connectivity index (χ1n) is 4.33. The lowest BCUT2D eigenvalue weighted by atomic mass is 10.5. The molecule has 0 aromatic rings. The standard InChI is InChI=1S/C8H18N2O3/c1-3-13-7-5-10(8(9)11)4-6-12-2/h3-7H2,1-2H3,(H2,9,11). The summed E-state index contributed by atoms with van der Waals surface area (Å²) >= 11 is 0. The summed E-state index contributed by atoms with van der Waals surface area (Å²) in [4.78, 5) is 12.3. The monoisotopic (exact) mass is 190 g/mol. The van der Waals surface area contributed by atoms with Gasteiger partial charge >= 0.3 is 6.03 Å². The van der Waals surface area contributed by atoms with Crippen molar-refractivity contribution in [3.8, 4) is 0 Å². The molecule has 0 unspecified atom stereocenters. The molecule has 0 aromatic carbocycles. The van der Waals surface area contributed by atoms with Gasteiger partial charge in [-0.1, -0.05) is 0 Å². The molecule has 0 radical (unpaired) electrons. The Morgan fingerprint density at radius 1 is 1.38 bits per heavy atom. The fourth-order valence-electron chi connectivity index (χ4n) is 0.853. The summed E-state index contributed by atoms with van der Waals surface area (Å²) in [7, 11) is 1.59. The van der Waals surface area contributed by atoms with Crippen molar-refractivity contribution in [2.24, 2.45) is 5.73 Å². The number of ether oxygens (including phenoxy) is 2. The minimum atomic E-state index is -0.434. The maximum atomic E-state index is 10.8. The molecule has 0 saturated heterocycles. The Morgan fingerprint density at radius 2 is 2.00 bits per heavy atom. The molecular formula is C8H18N2O3. The number of nitrogens with two attached hydrogens (primary N) is 1. The topological polar surface area (TPSA) is 64.8 Å². The molecule has 0 aromatic heterocycles. The molecule has 0 aliphatic rings.